The molecule has 4 rings (SSSR count). The van der Waals surface area contributed by atoms with Crippen LogP contribution in [0.25, 0.3) is 22.6 Å². The molecule has 3 N–H and O–H groups in total. The van der Waals surface area contributed by atoms with Crippen LogP contribution in [-0.2, 0) is 11.0 Å². The van der Waals surface area contributed by atoms with Gasteiger partial charge < -0.3 is 15.6 Å². The molecule has 8 nitrogen and oxygen atoms in total. The van der Waals surface area contributed by atoms with Gasteiger partial charge in [0, 0.05) is 30.6 Å². The van der Waals surface area contributed by atoms with E-state index in [1.807, 2.05) is 27.7 Å². The van der Waals surface area contributed by atoms with E-state index in [0.29, 0.717) is 34.8 Å². The third-order valence-electron chi connectivity index (χ3n) is 4.57. The summed E-state index contributed by atoms with van der Waals surface area (Å²) in [6.45, 7) is 7.89. The minimum absolute atomic E-state index is 0.0132. The molecule has 4 aromatic rings. The molecule has 0 unspecified atom stereocenters. The topological polar surface area (TPSA) is 108 Å². The quantitative estimate of drug-likeness (QED) is 0.301. The van der Waals surface area contributed by atoms with E-state index < -0.39 is 11.9 Å². The molecule has 0 saturated carbocycles. The molecule has 0 aliphatic rings. The van der Waals surface area contributed by atoms with E-state index in [-0.39, 0.29) is 23.3 Å². The molecule has 0 saturated heterocycles. The highest BCUT2D eigenvalue weighted by Crippen LogP contribution is 2.30. The third-order valence-corrected chi connectivity index (χ3v) is 4.57. The summed E-state index contributed by atoms with van der Waals surface area (Å²) in [5, 5.41) is 6.51. The zero-order valence-corrected chi connectivity index (χ0v) is 19.7. The van der Waals surface area contributed by atoms with Crippen molar-refractivity contribution in [3.8, 4) is 11.5 Å². The summed E-state index contributed by atoms with van der Waals surface area (Å²) < 4.78 is 39.3. The standard InChI is InChI=1S/C22H20F3N7O.C2H6/c1-12(2)10-18(33)30-17-11-13(6-8-26-17)28-20-14-7-9-27-19(14)31-21(32-20)15-4-3-5-16(29-15)22(23,24)25;1-2/h3-9,11-12H,10H2,1-2H3,(H3,26,27,28,30,31,32,33);1-2H3. The number of aromatic amines is 1. The number of carbonyl (C=O) groups excluding carboxylic acids is 1. The minimum atomic E-state index is -4.58. The van der Waals surface area contributed by atoms with Crippen LogP contribution in [0.1, 0.15) is 39.8 Å². The van der Waals surface area contributed by atoms with Crippen LogP contribution >= 0.6 is 0 Å². The van der Waals surface area contributed by atoms with Crippen molar-refractivity contribution in [2.24, 2.45) is 5.92 Å². The van der Waals surface area contributed by atoms with E-state index in [0.717, 1.165) is 6.07 Å². The number of hydrogen-bond donors (Lipinski definition) is 3. The molecule has 4 heterocycles. The summed E-state index contributed by atoms with van der Waals surface area (Å²) in [5.74, 6) is 0.809. The second-order valence-electron chi connectivity index (χ2n) is 7.74. The number of pyridine rings is 2. The number of hydrogen-bond acceptors (Lipinski definition) is 6. The first-order valence-corrected chi connectivity index (χ1v) is 11.1. The predicted molar refractivity (Wildman–Crippen MR) is 129 cm³/mol. The van der Waals surface area contributed by atoms with Crippen LogP contribution in [0.2, 0.25) is 0 Å². The van der Waals surface area contributed by atoms with Gasteiger partial charge in [0.2, 0.25) is 5.91 Å². The number of fused-ring (bicyclic) bond motifs is 1. The van der Waals surface area contributed by atoms with Gasteiger partial charge in [-0.25, -0.2) is 19.9 Å². The minimum Gasteiger partial charge on any atom is -0.346 e. The monoisotopic (exact) mass is 485 g/mol. The molecule has 0 bridgehead atoms. The Morgan fingerprint density at radius 3 is 2.57 bits per heavy atom. The maximum absolute atomic E-state index is 13.1. The van der Waals surface area contributed by atoms with Gasteiger partial charge in [0.15, 0.2) is 5.82 Å². The molecule has 4 aromatic heterocycles. The molecule has 0 aliphatic carbocycles. The molecule has 0 spiro atoms. The normalized spacial score (nSPS) is 11.2. The molecule has 0 fully saturated rings. The number of halogens is 3. The zero-order valence-electron chi connectivity index (χ0n) is 19.7. The average Bonchev–Trinajstić information content (AvgIpc) is 3.29. The number of nitrogens with one attached hydrogen (secondary N) is 3. The lowest BCUT2D eigenvalue weighted by molar-refractivity contribution is -0.141. The molecule has 0 aliphatic heterocycles. The highest BCUT2D eigenvalue weighted by atomic mass is 19.4. The molecular weight excluding hydrogens is 459 g/mol. The van der Waals surface area contributed by atoms with Gasteiger partial charge in [0.1, 0.15) is 28.7 Å². The first-order valence-electron chi connectivity index (χ1n) is 11.1. The fraction of sp³-hybridized carbons (Fsp3) is 0.292. The molecule has 1 amide bonds. The molecule has 184 valence electrons. The smallest absolute Gasteiger partial charge is 0.346 e. The number of nitrogens with zero attached hydrogens (tertiary/aromatic N) is 4. The molecule has 0 aromatic carbocycles. The van der Waals surface area contributed by atoms with Crippen molar-refractivity contribution in [2.75, 3.05) is 10.6 Å². The lowest BCUT2D eigenvalue weighted by Crippen LogP contribution is -2.14. The lowest BCUT2D eigenvalue weighted by atomic mass is 10.1. The fourth-order valence-corrected chi connectivity index (χ4v) is 3.15. The van der Waals surface area contributed by atoms with Gasteiger partial charge in [-0.1, -0.05) is 33.8 Å². The second kappa shape index (κ2) is 10.9. The summed E-state index contributed by atoms with van der Waals surface area (Å²) in [7, 11) is 0. The maximum Gasteiger partial charge on any atom is 0.433 e. The summed E-state index contributed by atoms with van der Waals surface area (Å²) in [6.07, 6.45) is -1.04. The van der Waals surface area contributed by atoms with Crippen molar-refractivity contribution in [3.63, 3.8) is 0 Å². The van der Waals surface area contributed by atoms with Crippen LogP contribution in [0.3, 0.4) is 0 Å². The fourth-order valence-electron chi connectivity index (χ4n) is 3.15. The Labute approximate surface area is 200 Å². The second-order valence-corrected chi connectivity index (χ2v) is 7.74. The van der Waals surface area contributed by atoms with Crippen LogP contribution in [0.5, 0.6) is 0 Å². The van der Waals surface area contributed by atoms with Crippen molar-refractivity contribution in [1.29, 1.82) is 0 Å². The first kappa shape index (κ1) is 25.6. The Kier molecular flexibility index (Phi) is 8.00. The summed E-state index contributed by atoms with van der Waals surface area (Å²) in [4.78, 5) is 31.5. The van der Waals surface area contributed by atoms with E-state index >= 15 is 0 Å². The Morgan fingerprint density at radius 1 is 1.09 bits per heavy atom. The first-order chi connectivity index (χ1) is 16.7. The largest absolute Gasteiger partial charge is 0.433 e. The van der Waals surface area contributed by atoms with Crippen LogP contribution in [0.4, 0.5) is 30.5 Å². The Balaban J connectivity index is 0.00000167. The molecule has 0 radical (unpaired) electrons. The van der Waals surface area contributed by atoms with Crippen LogP contribution in [-0.4, -0.2) is 30.8 Å². The van der Waals surface area contributed by atoms with Gasteiger partial charge in [0.25, 0.3) is 0 Å². The predicted octanol–water partition coefficient (Wildman–Crippen LogP) is 6.19. The van der Waals surface area contributed by atoms with Gasteiger partial charge in [-0.05, 0) is 30.2 Å². The molecule has 0 atom stereocenters. The average molecular weight is 486 g/mol. The highest BCUT2D eigenvalue weighted by Gasteiger charge is 2.32. The van der Waals surface area contributed by atoms with E-state index in [4.69, 9.17) is 0 Å². The number of alkyl halides is 3. The molecular formula is C24H26F3N7O. The zero-order chi connectivity index (χ0) is 25.6. The van der Waals surface area contributed by atoms with Crippen molar-refractivity contribution < 1.29 is 18.0 Å². The van der Waals surface area contributed by atoms with Gasteiger partial charge >= 0.3 is 6.18 Å². The lowest BCUT2D eigenvalue weighted by Gasteiger charge is -2.11. The van der Waals surface area contributed by atoms with Crippen LogP contribution < -0.4 is 10.6 Å². The van der Waals surface area contributed by atoms with Crippen LogP contribution in [0.15, 0.2) is 48.8 Å². The van der Waals surface area contributed by atoms with Crippen LogP contribution in [0, 0.1) is 5.92 Å². The Bertz CT molecular complexity index is 1300. The molecule has 35 heavy (non-hydrogen) atoms. The number of aromatic nitrogens is 5. The number of anilines is 3. The third kappa shape index (κ3) is 6.52. The Hall–Kier alpha value is -4.02. The summed E-state index contributed by atoms with van der Waals surface area (Å²) in [6, 6.07) is 8.63. The SMILES string of the molecule is CC.CC(C)CC(=O)Nc1cc(Nc2nc(-c3cccc(C(F)(F)F)n3)nc3[nH]ccc23)ccn1. The van der Waals surface area contributed by atoms with E-state index in [1.165, 1.54) is 18.3 Å². The maximum atomic E-state index is 13.1. The Morgan fingerprint density at radius 2 is 1.86 bits per heavy atom. The van der Waals surface area contributed by atoms with E-state index in [9.17, 15) is 18.0 Å². The van der Waals surface area contributed by atoms with Crippen molar-refractivity contribution in [2.45, 2.75) is 40.3 Å². The van der Waals surface area contributed by atoms with Crippen molar-refractivity contribution >= 4 is 34.3 Å². The summed E-state index contributed by atoms with van der Waals surface area (Å²) >= 11 is 0. The van der Waals surface area contributed by atoms with Gasteiger partial charge in [-0.2, -0.15) is 13.2 Å². The highest BCUT2D eigenvalue weighted by molar-refractivity contribution is 5.92. The number of H-pyrrole nitrogens is 1. The summed E-state index contributed by atoms with van der Waals surface area (Å²) in [5.41, 5.74) is -0.0310. The van der Waals surface area contributed by atoms with Gasteiger partial charge in [0.05, 0.1) is 5.39 Å². The molecule has 11 heteroatoms. The number of amides is 1. The van der Waals surface area contributed by atoms with Crippen molar-refractivity contribution in [3.05, 3.63) is 54.5 Å². The van der Waals surface area contributed by atoms with Gasteiger partial charge in [-0.3, -0.25) is 4.79 Å². The van der Waals surface area contributed by atoms with E-state index in [1.54, 1.807) is 24.4 Å². The van der Waals surface area contributed by atoms with Crippen molar-refractivity contribution in [1.82, 2.24) is 24.9 Å². The van der Waals surface area contributed by atoms with E-state index in [2.05, 4.69) is 35.6 Å². The number of carbonyl (C=O) groups is 1. The number of rotatable bonds is 6. The van der Waals surface area contributed by atoms with Gasteiger partial charge in [-0.15, -0.1) is 0 Å².